The molecule has 0 aromatic rings. The van der Waals surface area contributed by atoms with Gasteiger partial charge in [-0.1, -0.05) is 0 Å². The Morgan fingerprint density at radius 2 is 1.25 bits per heavy atom. The van der Waals surface area contributed by atoms with Gasteiger partial charge in [-0.2, -0.15) is 7.82 Å². The molecule has 0 aliphatic rings. The summed E-state index contributed by atoms with van der Waals surface area (Å²) in [5.74, 6) is 0. The van der Waals surface area contributed by atoms with E-state index in [9.17, 15) is 0 Å². The fourth-order valence-electron chi connectivity index (χ4n) is 0. The van der Waals surface area contributed by atoms with Crippen LogP contribution in [-0.4, -0.2) is 0 Å². The Morgan fingerprint density at radius 3 is 1.25 bits per heavy atom. The fraction of sp³-hybridized carbons (Fsp3) is 0. The molecule has 0 heterocycles. The third kappa shape index (κ3) is 69.9. The second-order valence-corrected chi connectivity index (χ2v) is 1.34. The Labute approximate surface area is 105 Å². The van der Waals surface area contributed by atoms with Gasteiger partial charge in [0.25, 0.3) is 0 Å². The van der Waals surface area contributed by atoms with E-state index in [1.807, 2.05) is 0 Å². The average molecular weight is 318 g/mol. The molecular weight excluding hydrogens is 317 g/mol. The average Bonchev–Trinajstić information content (AvgIpc) is 0.722. The maximum atomic E-state index is 8.55. The maximum absolute atomic E-state index is 8.55. The van der Waals surface area contributed by atoms with Crippen molar-refractivity contribution < 1.29 is 98.8 Å². The quantitative estimate of drug-likeness (QED) is 0.329. The van der Waals surface area contributed by atoms with Gasteiger partial charge in [-0.3, -0.25) is 0 Å². The smallest absolute Gasteiger partial charge is 0.822 e. The number of phosphoric acid groups is 1. The van der Waals surface area contributed by atoms with Gasteiger partial charge in [0.2, 0.25) is 0 Å². The molecule has 0 N–H and O–H groups in total. The third-order valence-corrected chi connectivity index (χ3v) is 0. The standard InChI is InChI=1S/Ag.Na.H3O4P.Zr/c;;1-5(2,3)4;/h;;(H3,1,2,3,4);/q2*+1;;/p-2. The minimum Gasteiger partial charge on any atom is -0.822 e. The van der Waals surface area contributed by atoms with Crippen molar-refractivity contribution in [3.8, 4) is 0 Å². The van der Waals surface area contributed by atoms with Gasteiger partial charge < -0.3 is 19.2 Å². The van der Waals surface area contributed by atoms with Crippen molar-refractivity contribution in [3.63, 3.8) is 0 Å². The largest absolute Gasteiger partial charge is 1.00 e. The minimum absolute atomic E-state index is 0. The summed E-state index contributed by atoms with van der Waals surface area (Å²) in [4.78, 5) is 25.6. The van der Waals surface area contributed by atoms with Crippen molar-refractivity contribution in [2.24, 2.45) is 0 Å². The second kappa shape index (κ2) is 9.73. The molecule has 0 aromatic heterocycles. The maximum Gasteiger partial charge on any atom is 1.00 e. The summed E-state index contributed by atoms with van der Waals surface area (Å²) in [6.45, 7) is 0. The molecule has 0 fully saturated rings. The molecule has 0 saturated heterocycles. The summed E-state index contributed by atoms with van der Waals surface area (Å²) >= 11 is 0. The van der Waals surface area contributed by atoms with Gasteiger partial charge in [0, 0.05) is 26.2 Å². The van der Waals surface area contributed by atoms with Crippen molar-refractivity contribution in [2.45, 2.75) is 0 Å². The minimum atomic E-state index is -5.39. The van der Waals surface area contributed by atoms with E-state index in [0.717, 1.165) is 0 Å². The Bertz CT molecular complexity index is 66.7. The molecule has 0 aromatic carbocycles. The first-order valence-corrected chi connectivity index (χ1v) is 2.19. The van der Waals surface area contributed by atoms with Crippen LogP contribution in [0.5, 0.6) is 0 Å². The summed E-state index contributed by atoms with van der Waals surface area (Å²) < 4.78 is 8.55. The zero-order chi connectivity index (χ0) is 4.50. The Balaban J connectivity index is -0.0000000133. The van der Waals surface area contributed by atoms with Gasteiger partial charge in [0.15, 0.2) is 0 Å². The van der Waals surface area contributed by atoms with Crippen molar-refractivity contribution in [1.29, 1.82) is 0 Å². The van der Waals surface area contributed by atoms with E-state index in [1.165, 1.54) is 0 Å². The number of hydrogen-bond acceptors (Lipinski definition) is 4. The number of rotatable bonds is 0. The molecule has 8 heavy (non-hydrogen) atoms. The van der Waals surface area contributed by atoms with E-state index in [1.54, 1.807) is 0 Å². The first-order chi connectivity index (χ1) is 2.00. The van der Waals surface area contributed by atoms with Crippen LogP contribution < -0.4 is 44.2 Å². The van der Waals surface area contributed by atoms with Crippen LogP contribution >= 0.6 is 7.82 Å². The monoisotopic (exact) mass is 316 g/mol. The van der Waals surface area contributed by atoms with Crippen LogP contribution in [0.25, 0.3) is 0 Å². The summed E-state index contributed by atoms with van der Waals surface area (Å²) in [6, 6.07) is 0. The van der Waals surface area contributed by atoms with E-state index >= 15 is 0 Å². The molecule has 0 amide bonds. The predicted octanol–water partition coefficient (Wildman–Crippen LogP) is -5.71. The first kappa shape index (κ1) is 22.4. The molecule has 0 bridgehead atoms. The zero-order valence-corrected chi connectivity index (χ0v) is 10.7. The number of hydrogen-bond donors (Lipinski definition) is 0. The van der Waals surface area contributed by atoms with E-state index < -0.39 is 7.82 Å². The molecule has 8 heteroatoms. The van der Waals surface area contributed by atoms with E-state index in [0.29, 0.717) is 0 Å². The van der Waals surface area contributed by atoms with E-state index in [-0.39, 0.29) is 79.6 Å². The van der Waals surface area contributed by atoms with Gasteiger partial charge in [-0.05, 0) is 0 Å². The summed E-state index contributed by atoms with van der Waals surface area (Å²) in [6.07, 6.45) is 0. The SMILES string of the molecule is O=P([O-])([O-])[O-].[Ag+].[H+].[Na+].[Zr]. The van der Waals surface area contributed by atoms with Crippen molar-refractivity contribution >= 4 is 7.82 Å². The third-order valence-electron chi connectivity index (χ3n) is 0. The first-order valence-electron chi connectivity index (χ1n) is 0.730. The second-order valence-electron chi connectivity index (χ2n) is 0.447. The molecule has 0 rings (SSSR count). The summed E-state index contributed by atoms with van der Waals surface area (Å²) in [7, 11) is -5.39. The molecule has 0 aliphatic heterocycles. The van der Waals surface area contributed by atoms with Crippen LogP contribution in [0, 0.1) is 0 Å². The van der Waals surface area contributed by atoms with Crippen molar-refractivity contribution in [2.75, 3.05) is 0 Å². The van der Waals surface area contributed by atoms with Crippen LogP contribution in [-0.2, 0) is 53.1 Å². The van der Waals surface area contributed by atoms with Crippen LogP contribution in [0.2, 0.25) is 0 Å². The molecule has 0 aliphatic carbocycles. The zero-order valence-electron chi connectivity index (χ0n) is 4.88. The molecule has 0 atom stereocenters. The van der Waals surface area contributed by atoms with Gasteiger partial charge in [0.05, 0.1) is 0 Å². The molecular formula is HAgNaO4PZr. The van der Waals surface area contributed by atoms with Gasteiger partial charge in [-0.25, -0.2) is 0 Å². The fourth-order valence-corrected chi connectivity index (χ4v) is 0. The van der Waals surface area contributed by atoms with Gasteiger partial charge >= 0.3 is 53.4 Å². The summed E-state index contributed by atoms with van der Waals surface area (Å²) in [5.41, 5.74) is 0. The van der Waals surface area contributed by atoms with Gasteiger partial charge in [-0.15, -0.1) is 0 Å². The normalized spacial score (nSPS) is 7.38. The van der Waals surface area contributed by atoms with E-state index in [4.69, 9.17) is 19.2 Å². The van der Waals surface area contributed by atoms with Crippen LogP contribution in [0.4, 0.5) is 0 Å². The molecule has 46 valence electrons. The van der Waals surface area contributed by atoms with Crippen LogP contribution in [0.1, 0.15) is 1.43 Å². The Kier molecular flexibility index (Phi) is 27.3. The van der Waals surface area contributed by atoms with Crippen molar-refractivity contribution in [1.82, 2.24) is 0 Å². The Morgan fingerprint density at radius 1 is 1.25 bits per heavy atom. The van der Waals surface area contributed by atoms with Crippen molar-refractivity contribution in [3.05, 3.63) is 0 Å². The molecule has 0 spiro atoms. The predicted molar refractivity (Wildman–Crippen MR) is 8.72 cm³/mol. The van der Waals surface area contributed by atoms with Crippen LogP contribution in [0.3, 0.4) is 0 Å². The van der Waals surface area contributed by atoms with Gasteiger partial charge in [0.1, 0.15) is 0 Å². The summed E-state index contributed by atoms with van der Waals surface area (Å²) in [5, 5.41) is 0. The molecule has 0 saturated carbocycles. The van der Waals surface area contributed by atoms with E-state index in [2.05, 4.69) is 0 Å². The molecule has 4 nitrogen and oxygen atoms in total. The van der Waals surface area contributed by atoms with Crippen LogP contribution in [0.15, 0.2) is 0 Å². The molecule has 0 unspecified atom stereocenters. The topological polar surface area (TPSA) is 86.2 Å². The molecule has 0 radical (unpaired) electrons. The Hall–Kier alpha value is 2.73.